The maximum absolute atomic E-state index is 5.97. The monoisotopic (exact) mass is 319 g/mol. The van der Waals surface area contributed by atoms with Gasteiger partial charge in [0.2, 0.25) is 0 Å². The molecule has 0 atom stereocenters. The molecule has 0 bridgehead atoms. The molecule has 2 heterocycles. The Morgan fingerprint density at radius 1 is 1.11 bits per heavy atom. The largest absolute Gasteiger partial charge is 0.265 e. The van der Waals surface area contributed by atoms with Gasteiger partial charge in [0.05, 0.1) is 17.4 Å². The summed E-state index contributed by atoms with van der Waals surface area (Å²) >= 11 is 9.43. The fraction of sp³-hybridized carbons (Fsp3) is 0. The van der Waals surface area contributed by atoms with Crippen LogP contribution in [0.1, 0.15) is 0 Å². The van der Waals surface area contributed by atoms with E-state index in [2.05, 4.69) is 30.9 Å². The highest BCUT2D eigenvalue weighted by atomic mass is 79.9. The summed E-state index contributed by atoms with van der Waals surface area (Å²) in [6.07, 6.45) is 5.21. The summed E-state index contributed by atoms with van der Waals surface area (Å²) in [5.74, 6) is 0. The van der Waals surface area contributed by atoms with Crippen LogP contribution in [0.25, 0.3) is 22.3 Å². The lowest BCUT2D eigenvalue weighted by Gasteiger charge is -2.04. The van der Waals surface area contributed by atoms with Crippen LogP contribution in [0.15, 0.2) is 47.3 Å². The van der Waals surface area contributed by atoms with Crippen molar-refractivity contribution < 1.29 is 0 Å². The second-order valence-electron chi connectivity index (χ2n) is 3.75. The molecule has 0 aliphatic rings. The highest BCUT2D eigenvalue weighted by molar-refractivity contribution is 9.10. The van der Waals surface area contributed by atoms with Crippen molar-refractivity contribution in [1.82, 2.24) is 15.0 Å². The molecule has 1 aromatic carbocycles. The van der Waals surface area contributed by atoms with Crippen molar-refractivity contribution in [3.8, 4) is 11.3 Å². The zero-order valence-corrected chi connectivity index (χ0v) is 11.5. The second-order valence-corrected chi connectivity index (χ2v) is 5.04. The predicted molar refractivity (Wildman–Crippen MR) is 75.5 cm³/mol. The number of fused-ring (bicyclic) bond motifs is 1. The number of halogens is 2. The van der Waals surface area contributed by atoms with E-state index >= 15 is 0 Å². The zero-order valence-electron chi connectivity index (χ0n) is 9.14. The molecule has 0 saturated carbocycles. The topological polar surface area (TPSA) is 38.7 Å². The van der Waals surface area contributed by atoms with E-state index in [1.807, 2.05) is 18.2 Å². The molecule has 0 fully saturated rings. The van der Waals surface area contributed by atoms with Gasteiger partial charge in [0, 0.05) is 27.5 Å². The molecule has 0 N–H and O–H groups in total. The van der Waals surface area contributed by atoms with Gasteiger partial charge in [-0.3, -0.25) is 9.97 Å². The Kier molecular flexibility index (Phi) is 2.97. The van der Waals surface area contributed by atoms with Gasteiger partial charge in [0.25, 0.3) is 0 Å². The number of aromatic nitrogens is 3. The lowest BCUT2D eigenvalue weighted by Crippen LogP contribution is -1.90. The molecule has 5 heteroatoms. The summed E-state index contributed by atoms with van der Waals surface area (Å²) in [7, 11) is 0. The van der Waals surface area contributed by atoms with Crippen molar-refractivity contribution in [3.05, 3.63) is 52.4 Å². The number of benzene rings is 1. The van der Waals surface area contributed by atoms with Gasteiger partial charge in [-0.1, -0.05) is 11.6 Å². The first-order valence-corrected chi connectivity index (χ1v) is 6.43. The van der Waals surface area contributed by atoms with Crippen molar-refractivity contribution in [3.63, 3.8) is 0 Å². The molecule has 3 nitrogen and oxygen atoms in total. The molecule has 0 amide bonds. The van der Waals surface area contributed by atoms with Gasteiger partial charge in [-0.15, -0.1) is 0 Å². The van der Waals surface area contributed by atoms with Crippen LogP contribution in [0, 0.1) is 0 Å². The third kappa shape index (κ3) is 2.09. The van der Waals surface area contributed by atoms with Crippen LogP contribution in [0.2, 0.25) is 5.02 Å². The van der Waals surface area contributed by atoms with E-state index in [9.17, 15) is 0 Å². The number of pyridine rings is 1. The van der Waals surface area contributed by atoms with Crippen LogP contribution in [-0.2, 0) is 0 Å². The summed E-state index contributed by atoms with van der Waals surface area (Å²) in [6, 6.07) is 7.42. The predicted octanol–water partition coefficient (Wildman–Crippen LogP) is 4.11. The van der Waals surface area contributed by atoms with E-state index < -0.39 is 0 Å². The van der Waals surface area contributed by atoms with E-state index in [1.54, 1.807) is 24.7 Å². The molecule has 3 rings (SSSR count). The van der Waals surface area contributed by atoms with Gasteiger partial charge in [0.15, 0.2) is 0 Å². The van der Waals surface area contributed by atoms with Gasteiger partial charge in [0.1, 0.15) is 5.52 Å². The molecule has 18 heavy (non-hydrogen) atoms. The zero-order chi connectivity index (χ0) is 12.5. The quantitative estimate of drug-likeness (QED) is 0.677. The van der Waals surface area contributed by atoms with Crippen molar-refractivity contribution >= 4 is 38.6 Å². The van der Waals surface area contributed by atoms with E-state index in [1.165, 1.54) is 0 Å². The smallest absolute Gasteiger partial charge is 0.104 e. The summed E-state index contributed by atoms with van der Waals surface area (Å²) < 4.78 is 0.841. The molecule has 0 aliphatic heterocycles. The van der Waals surface area contributed by atoms with Crippen molar-refractivity contribution in [1.29, 1.82) is 0 Å². The Balaban J connectivity index is 2.23. The minimum absolute atomic E-state index is 0.639. The average Bonchev–Trinajstić information content (AvgIpc) is 2.39. The van der Waals surface area contributed by atoms with Crippen LogP contribution in [0.4, 0.5) is 0 Å². The van der Waals surface area contributed by atoms with E-state index in [0.29, 0.717) is 5.02 Å². The average molecular weight is 321 g/mol. The second kappa shape index (κ2) is 4.63. The molecule has 2 aromatic heterocycles. The third-order valence-corrected chi connectivity index (χ3v) is 3.37. The van der Waals surface area contributed by atoms with Crippen LogP contribution < -0.4 is 0 Å². The van der Waals surface area contributed by atoms with Gasteiger partial charge in [-0.2, -0.15) is 0 Å². The fourth-order valence-electron chi connectivity index (χ4n) is 1.70. The number of rotatable bonds is 1. The minimum Gasteiger partial charge on any atom is -0.265 e. The maximum Gasteiger partial charge on any atom is 0.104 e. The lowest BCUT2D eigenvalue weighted by molar-refractivity contribution is 1.27. The summed E-state index contributed by atoms with van der Waals surface area (Å²) in [5, 5.41) is 0.639. The molecule has 3 aromatic rings. The normalized spacial score (nSPS) is 10.8. The number of hydrogen-bond donors (Lipinski definition) is 0. The third-order valence-electron chi connectivity index (χ3n) is 2.54. The van der Waals surface area contributed by atoms with Gasteiger partial charge >= 0.3 is 0 Å². The molecule has 0 aliphatic carbocycles. The molecule has 0 spiro atoms. The molecule has 0 radical (unpaired) electrons. The van der Waals surface area contributed by atoms with Gasteiger partial charge in [-0.05, 0) is 40.2 Å². The van der Waals surface area contributed by atoms with Crippen molar-refractivity contribution in [2.24, 2.45) is 0 Å². The highest BCUT2D eigenvalue weighted by Crippen LogP contribution is 2.27. The number of hydrogen-bond acceptors (Lipinski definition) is 3. The van der Waals surface area contributed by atoms with Crippen molar-refractivity contribution in [2.75, 3.05) is 0 Å². The Hall–Kier alpha value is -1.52. The van der Waals surface area contributed by atoms with Gasteiger partial charge in [-0.25, -0.2) is 4.98 Å². The first-order valence-electron chi connectivity index (χ1n) is 5.26. The molecule has 0 unspecified atom stereocenters. The highest BCUT2D eigenvalue weighted by Gasteiger charge is 2.06. The molecule has 0 saturated heterocycles. The molecular formula is C13H7BrClN3. The van der Waals surface area contributed by atoms with Crippen LogP contribution in [0.5, 0.6) is 0 Å². The lowest BCUT2D eigenvalue weighted by atomic mass is 10.2. The first kappa shape index (κ1) is 11.6. The van der Waals surface area contributed by atoms with Gasteiger partial charge < -0.3 is 0 Å². The Morgan fingerprint density at radius 3 is 2.67 bits per heavy atom. The molecular weight excluding hydrogens is 314 g/mol. The van der Waals surface area contributed by atoms with Crippen LogP contribution in [-0.4, -0.2) is 15.0 Å². The van der Waals surface area contributed by atoms with Crippen molar-refractivity contribution in [2.45, 2.75) is 0 Å². The molecule has 88 valence electrons. The van der Waals surface area contributed by atoms with E-state index in [-0.39, 0.29) is 0 Å². The Morgan fingerprint density at radius 2 is 1.89 bits per heavy atom. The summed E-state index contributed by atoms with van der Waals surface area (Å²) in [4.78, 5) is 13.0. The van der Waals surface area contributed by atoms with Crippen LogP contribution in [0.3, 0.4) is 0 Å². The summed E-state index contributed by atoms with van der Waals surface area (Å²) in [5.41, 5.74) is 3.37. The maximum atomic E-state index is 5.97. The number of nitrogens with zero attached hydrogens (tertiary/aromatic N) is 3. The van der Waals surface area contributed by atoms with E-state index in [4.69, 9.17) is 11.6 Å². The first-order chi connectivity index (χ1) is 8.74. The Bertz CT molecular complexity index is 716. The Labute approximate surface area is 117 Å². The van der Waals surface area contributed by atoms with E-state index in [0.717, 1.165) is 26.8 Å². The standard InChI is InChI=1S/C13H7BrClN3/c14-10-5-9(15)6-11-13(10)18-12(7-17-11)8-1-3-16-4-2-8/h1-7H. The fourth-order valence-corrected chi connectivity index (χ4v) is 2.59. The minimum atomic E-state index is 0.639. The summed E-state index contributed by atoms with van der Waals surface area (Å²) in [6.45, 7) is 0. The van der Waals surface area contributed by atoms with Crippen LogP contribution >= 0.6 is 27.5 Å². The SMILES string of the molecule is Clc1cc(Br)c2nc(-c3ccncc3)cnc2c1.